The van der Waals surface area contributed by atoms with Gasteiger partial charge in [-0.05, 0) is 43.6 Å². The monoisotopic (exact) mass is 388 g/mol. The SMILES string of the molecule is CCOC(=O)N(C)CC(=O)N[C@@H]1[C@H]2CC[C@@H](C2)[C@@H]1C(=O)OCc1ccccc1. The van der Waals surface area contributed by atoms with Gasteiger partial charge in [0.25, 0.3) is 0 Å². The van der Waals surface area contributed by atoms with Crippen molar-refractivity contribution in [2.24, 2.45) is 17.8 Å². The van der Waals surface area contributed by atoms with E-state index in [1.165, 1.54) is 11.9 Å². The van der Waals surface area contributed by atoms with Crippen molar-refractivity contribution in [1.82, 2.24) is 10.2 Å². The highest BCUT2D eigenvalue weighted by Crippen LogP contribution is 2.49. The van der Waals surface area contributed by atoms with Gasteiger partial charge >= 0.3 is 12.1 Å². The molecule has 4 atom stereocenters. The van der Waals surface area contributed by atoms with Crippen LogP contribution in [0.5, 0.6) is 0 Å². The molecule has 1 N–H and O–H groups in total. The molecule has 3 rings (SSSR count). The molecule has 2 aliphatic rings. The second-order valence-corrected chi connectivity index (χ2v) is 7.60. The minimum absolute atomic E-state index is 0.0987. The summed E-state index contributed by atoms with van der Waals surface area (Å²) in [4.78, 5) is 38.1. The summed E-state index contributed by atoms with van der Waals surface area (Å²) in [6, 6.07) is 9.33. The van der Waals surface area contributed by atoms with E-state index in [-0.39, 0.29) is 55.4 Å². The van der Waals surface area contributed by atoms with Gasteiger partial charge in [-0.1, -0.05) is 30.3 Å². The first-order chi connectivity index (χ1) is 13.5. The van der Waals surface area contributed by atoms with Crippen LogP contribution >= 0.6 is 0 Å². The van der Waals surface area contributed by atoms with Gasteiger partial charge in [0.15, 0.2) is 0 Å². The van der Waals surface area contributed by atoms with Crippen LogP contribution in [-0.4, -0.2) is 49.1 Å². The Bertz CT molecular complexity index is 708. The molecule has 2 saturated carbocycles. The normalized spacial score (nSPS) is 25.2. The molecule has 0 heterocycles. The third-order valence-corrected chi connectivity index (χ3v) is 5.70. The maximum atomic E-state index is 12.8. The highest BCUT2D eigenvalue weighted by atomic mass is 16.6. The van der Waals surface area contributed by atoms with Gasteiger partial charge in [0.1, 0.15) is 13.2 Å². The number of esters is 1. The standard InChI is InChI=1S/C21H28N2O5/c1-3-27-21(26)23(2)12-17(24)22-19-16-10-9-15(11-16)18(19)20(25)28-13-14-7-5-4-6-8-14/h4-8,15-16,18-19H,3,9-13H2,1-2H3,(H,22,24)/t15-,16-,18-,19+/m0/s1. The van der Waals surface area contributed by atoms with Crippen LogP contribution in [0.25, 0.3) is 0 Å². The number of likely N-dealkylation sites (N-methyl/N-ethyl adjacent to an activating group) is 1. The Hall–Kier alpha value is -2.57. The number of amides is 2. The molecule has 0 saturated heterocycles. The first kappa shape index (κ1) is 20.2. The van der Waals surface area contributed by atoms with Crippen LogP contribution < -0.4 is 5.32 Å². The molecule has 0 aromatic heterocycles. The Morgan fingerprint density at radius 3 is 2.54 bits per heavy atom. The van der Waals surface area contributed by atoms with Crippen LogP contribution in [0.3, 0.4) is 0 Å². The van der Waals surface area contributed by atoms with Gasteiger partial charge in [0.05, 0.1) is 12.5 Å². The molecule has 0 radical (unpaired) electrons. The van der Waals surface area contributed by atoms with Gasteiger partial charge < -0.3 is 19.7 Å². The molecule has 0 spiro atoms. The average Bonchev–Trinajstić information content (AvgIpc) is 3.28. The Balaban J connectivity index is 1.57. The molecular formula is C21H28N2O5. The fourth-order valence-corrected chi connectivity index (χ4v) is 4.41. The number of fused-ring (bicyclic) bond motifs is 2. The zero-order chi connectivity index (χ0) is 20.1. The lowest BCUT2D eigenvalue weighted by Crippen LogP contribution is -2.50. The quantitative estimate of drug-likeness (QED) is 0.725. The number of nitrogens with one attached hydrogen (secondary N) is 1. The third-order valence-electron chi connectivity index (χ3n) is 5.70. The van der Waals surface area contributed by atoms with Crippen LogP contribution in [0.15, 0.2) is 30.3 Å². The van der Waals surface area contributed by atoms with Crippen molar-refractivity contribution in [3.8, 4) is 0 Å². The van der Waals surface area contributed by atoms with E-state index in [0.717, 1.165) is 24.8 Å². The molecule has 28 heavy (non-hydrogen) atoms. The van der Waals surface area contributed by atoms with E-state index in [1.807, 2.05) is 30.3 Å². The summed E-state index contributed by atoms with van der Waals surface area (Å²) in [5.41, 5.74) is 0.940. The van der Waals surface area contributed by atoms with Crippen LogP contribution in [0, 0.1) is 17.8 Å². The fraction of sp³-hybridized carbons (Fsp3) is 0.571. The van der Waals surface area contributed by atoms with Crippen molar-refractivity contribution in [1.29, 1.82) is 0 Å². The maximum Gasteiger partial charge on any atom is 0.409 e. The van der Waals surface area contributed by atoms with Gasteiger partial charge in [-0.2, -0.15) is 0 Å². The van der Waals surface area contributed by atoms with Crippen LogP contribution in [0.1, 0.15) is 31.7 Å². The smallest absolute Gasteiger partial charge is 0.409 e. The average molecular weight is 388 g/mol. The molecule has 0 unspecified atom stereocenters. The van der Waals surface area contributed by atoms with E-state index in [1.54, 1.807) is 6.92 Å². The second kappa shape index (κ2) is 9.08. The molecule has 2 amide bonds. The van der Waals surface area contributed by atoms with Crippen LogP contribution in [-0.2, 0) is 25.7 Å². The summed E-state index contributed by atoms with van der Waals surface area (Å²) in [5, 5.41) is 2.98. The molecule has 2 aliphatic carbocycles. The van der Waals surface area contributed by atoms with E-state index >= 15 is 0 Å². The number of rotatable bonds is 7. The highest BCUT2D eigenvalue weighted by Gasteiger charge is 2.52. The van der Waals surface area contributed by atoms with Gasteiger partial charge in [-0.3, -0.25) is 9.59 Å². The lowest BCUT2D eigenvalue weighted by atomic mass is 9.84. The molecule has 7 heteroatoms. The number of ether oxygens (including phenoxy) is 2. The summed E-state index contributed by atoms with van der Waals surface area (Å²) in [6.07, 6.45) is 2.39. The fourth-order valence-electron chi connectivity index (χ4n) is 4.41. The minimum Gasteiger partial charge on any atom is -0.461 e. The maximum absolute atomic E-state index is 12.8. The number of carbonyl (C=O) groups is 3. The molecular weight excluding hydrogens is 360 g/mol. The molecule has 1 aromatic rings. The minimum atomic E-state index is -0.538. The Morgan fingerprint density at radius 1 is 1.11 bits per heavy atom. The zero-order valence-corrected chi connectivity index (χ0v) is 16.4. The third kappa shape index (κ3) is 4.64. The number of hydrogen-bond donors (Lipinski definition) is 1. The van der Waals surface area contributed by atoms with Crippen molar-refractivity contribution in [3.05, 3.63) is 35.9 Å². The zero-order valence-electron chi connectivity index (χ0n) is 16.4. The van der Waals surface area contributed by atoms with Gasteiger partial charge in [-0.15, -0.1) is 0 Å². The molecule has 2 bridgehead atoms. The summed E-state index contributed by atoms with van der Waals surface area (Å²) in [5.74, 6) is -0.314. The number of nitrogens with zero attached hydrogens (tertiary/aromatic N) is 1. The topological polar surface area (TPSA) is 84.9 Å². The number of benzene rings is 1. The Kier molecular flexibility index (Phi) is 6.54. The Morgan fingerprint density at radius 2 is 1.82 bits per heavy atom. The molecule has 2 fully saturated rings. The van der Waals surface area contributed by atoms with E-state index < -0.39 is 6.09 Å². The van der Waals surface area contributed by atoms with Crippen LogP contribution in [0.2, 0.25) is 0 Å². The Labute approximate surface area is 165 Å². The summed E-state index contributed by atoms with van der Waals surface area (Å²) >= 11 is 0. The lowest BCUT2D eigenvalue weighted by Gasteiger charge is -2.30. The molecule has 152 valence electrons. The van der Waals surface area contributed by atoms with Crippen molar-refractivity contribution >= 4 is 18.0 Å². The summed E-state index contributed by atoms with van der Waals surface area (Å²) < 4.78 is 10.4. The first-order valence-electron chi connectivity index (χ1n) is 9.87. The predicted octanol–water partition coefficient (Wildman–Crippen LogP) is 2.35. The van der Waals surface area contributed by atoms with Crippen molar-refractivity contribution < 1.29 is 23.9 Å². The first-order valence-corrected chi connectivity index (χ1v) is 9.87. The van der Waals surface area contributed by atoms with Crippen molar-refractivity contribution in [2.75, 3.05) is 20.2 Å². The lowest BCUT2D eigenvalue weighted by molar-refractivity contribution is -0.153. The predicted molar refractivity (Wildman–Crippen MR) is 102 cm³/mol. The van der Waals surface area contributed by atoms with Gasteiger partial charge in [0.2, 0.25) is 5.91 Å². The van der Waals surface area contributed by atoms with Crippen LogP contribution in [0.4, 0.5) is 4.79 Å². The van der Waals surface area contributed by atoms with Crippen molar-refractivity contribution in [3.63, 3.8) is 0 Å². The van der Waals surface area contributed by atoms with Gasteiger partial charge in [0, 0.05) is 13.1 Å². The number of carbonyl (C=O) groups excluding carboxylic acids is 3. The van der Waals surface area contributed by atoms with E-state index in [2.05, 4.69) is 5.32 Å². The largest absolute Gasteiger partial charge is 0.461 e. The molecule has 1 aromatic carbocycles. The molecule has 0 aliphatic heterocycles. The molecule has 7 nitrogen and oxygen atoms in total. The van der Waals surface area contributed by atoms with E-state index in [4.69, 9.17) is 9.47 Å². The number of hydrogen-bond acceptors (Lipinski definition) is 5. The van der Waals surface area contributed by atoms with Gasteiger partial charge in [-0.25, -0.2) is 4.79 Å². The second-order valence-electron chi connectivity index (χ2n) is 7.60. The van der Waals surface area contributed by atoms with Crippen molar-refractivity contribution in [2.45, 2.75) is 38.8 Å². The van der Waals surface area contributed by atoms with E-state index in [9.17, 15) is 14.4 Å². The summed E-state index contributed by atoms with van der Waals surface area (Å²) in [6.45, 7) is 2.11. The highest BCUT2D eigenvalue weighted by molar-refractivity contribution is 5.83. The van der Waals surface area contributed by atoms with E-state index in [0.29, 0.717) is 0 Å². The summed E-state index contributed by atoms with van der Waals surface area (Å²) in [7, 11) is 1.52.